The summed E-state index contributed by atoms with van der Waals surface area (Å²) in [4.78, 5) is 46.5. The predicted octanol–water partition coefficient (Wildman–Crippen LogP) is 2.94. The van der Waals surface area contributed by atoms with Gasteiger partial charge in [-0.2, -0.15) is 0 Å². The zero-order valence-corrected chi connectivity index (χ0v) is 17.2. The molecule has 2 aromatic heterocycles. The van der Waals surface area contributed by atoms with Gasteiger partial charge in [0.2, 0.25) is 5.91 Å². The summed E-state index contributed by atoms with van der Waals surface area (Å²) >= 11 is 1.59. The van der Waals surface area contributed by atoms with Crippen LogP contribution in [0.15, 0.2) is 29.1 Å². The van der Waals surface area contributed by atoms with Crippen LogP contribution in [0.4, 0.5) is 5.69 Å². The van der Waals surface area contributed by atoms with E-state index in [9.17, 15) is 14.4 Å². The average Bonchev–Trinajstić information content (AvgIpc) is 3.29. The topological polar surface area (TPSA) is 104 Å². The van der Waals surface area contributed by atoms with Crippen LogP contribution in [-0.4, -0.2) is 27.8 Å². The SMILES string of the molecule is O=C(CCc1nc2sc3c(c2c(=O)[nH]1)CCC3)Nc1cccc(C(=O)NC2CC2)c1. The largest absolute Gasteiger partial charge is 0.349 e. The fourth-order valence-electron chi connectivity index (χ4n) is 3.86. The van der Waals surface area contributed by atoms with Crippen LogP contribution in [-0.2, 0) is 24.1 Å². The standard InChI is InChI=1S/C22H22N4O3S/c27-18(23-14-4-1-3-12(11-14)20(28)24-13-7-8-13)10-9-17-25-21(29)19-15-5-2-6-16(15)30-22(19)26-17/h1,3-4,11,13H,2,5-10H2,(H,23,27)(H,24,28)(H,25,26,29). The van der Waals surface area contributed by atoms with E-state index in [4.69, 9.17) is 0 Å². The lowest BCUT2D eigenvalue weighted by Crippen LogP contribution is -2.25. The van der Waals surface area contributed by atoms with E-state index in [1.807, 2.05) is 0 Å². The van der Waals surface area contributed by atoms with E-state index >= 15 is 0 Å². The molecule has 8 heteroatoms. The van der Waals surface area contributed by atoms with Gasteiger partial charge >= 0.3 is 0 Å². The Morgan fingerprint density at radius 3 is 2.93 bits per heavy atom. The van der Waals surface area contributed by atoms with Gasteiger partial charge in [-0.05, 0) is 55.9 Å². The number of nitrogens with one attached hydrogen (secondary N) is 3. The van der Waals surface area contributed by atoms with Crippen molar-refractivity contribution in [3.63, 3.8) is 0 Å². The van der Waals surface area contributed by atoms with Crippen LogP contribution < -0.4 is 16.2 Å². The van der Waals surface area contributed by atoms with E-state index in [-0.39, 0.29) is 29.8 Å². The van der Waals surface area contributed by atoms with Crippen LogP contribution in [0.5, 0.6) is 0 Å². The van der Waals surface area contributed by atoms with E-state index in [1.54, 1.807) is 35.6 Å². The Morgan fingerprint density at radius 1 is 1.23 bits per heavy atom. The number of fused-ring (bicyclic) bond motifs is 3. The van der Waals surface area contributed by atoms with Gasteiger partial charge in [-0.1, -0.05) is 6.07 Å². The zero-order chi connectivity index (χ0) is 20.7. The summed E-state index contributed by atoms with van der Waals surface area (Å²) in [6.07, 6.45) is 5.66. The summed E-state index contributed by atoms with van der Waals surface area (Å²) < 4.78 is 0. The second-order valence-electron chi connectivity index (χ2n) is 7.93. The van der Waals surface area contributed by atoms with Gasteiger partial charge in [0.25, 0.3) is 11.5 Å². The van der Waals surface area contributed by atoms with Gasteiger partial charge in [-0.15, -0.1) is 11.3 Å². The van der Waals surface area contributed by atoms with Gasteiger partial charge in [0.05, 0.1) is 5.39 Å². The highest BCUT2D eigenvalue weighted by atomic mass is 32.1. The van der Waals surface area contributed by atoms with Crippen molar-refractivity contribution in [2.45, 2.75) is 51.0 Å². The summed E-state index contributed by atoms with van der Waals surface area (Å²) in [6, 6.07) is 7.20. The molecular weight excluding hydrogens is 400 g/mol. The lowest BCUT2D eigenvalue weighted by molar-refractivity contribution is -0.116. The van der Waals surface area contributed by atoms with Crippen LogP contribution in [0.25, 0.3) is 10.2 Å². The molecule has 2 heterocycles. The summed E-state index contributed by atoms with van der Waals surface area (Å²) in [5.41, 5.74) is 2.15. The number of carbonyl (C=O) groups excluding carboxylic acids is 2. The number of rotatable bonds is 6. The van der Waals surface area contributed by atoms with Crippen molar-refractivity contribution in [3.8, 4) is 0 Å². The molecule has 0 aliphatic heterocycles. The third-order valence-electron chi connectivity index (χ3n) is 5.53. The molecule has 2 aliphatic carbocycles. The van der Waals surface area contributed by atoms with E-state index in [2.05, 4.69) is 20.6 Å². The molecule has 154 valence electrons. The van der Waals surface area contributed by atoms with E-state index in [1.165, 1.54) is 4.88 Å². The van der Waals surface area contributed by atoms with Crippen molar-refractivity contribution in [2.24, 2.45) is 0 Å². The van der Waals surface area contributed by atoms with Crippen LogP contribution >= 0.6 is 11.3 Å². The molecule has 3 N–H and O–H groups in total. The molecule has 2 aliphatic rings. The Balaban J connectivity index is 1.23. The number of aromatic amines is 1. The number of thiophene rings is 1. The van der Waals surface area contributed by atoms with Crippen LogP contribution in [0, 0.1) is 0 Å². The number of carbonyl (C=O) groups is 2. The molecule has 7 nitrogen and oxygen atoms in total. The maximum atomic E-state index is 12.5. The summed E-state index contributed by atoms with van der Waals surface area (Å²) in [7, 11) is 0. The number of amides is 2. The highest BCUT2D eigenvalue weighted by Gasteiger charge is 2.24. The van der Waals surface area contributed by atoms with Crippen molar-refractivity contribution in [1.82, 2.24) is 15.3 Å². The zero-order valence-electron chi connectivity index (χ0n) is 16.4. The molecule has 0 unspecified atom stereocenters. The van der Waals surface area contributed by atoms with Crippen LogP contribution in [0.3, 0.4) is 0 Å². The quantitative estimate of drug-likeness (QED) is 0.568. The first-order valence-corrected chi connectivity index (χ1v) is 11.1. The minimum atomic E-state index is -0.189. The highest BCUT2D eigenvalue weighted by Crippen LogP contribution is 2.34. The number of nitrogens with zero attached hydrogens (tertiary/aromatic N) is 1. The molecule has 2 amide bonds. The average molecular weight is 423 g/mol. The first-order valence-electron chi connectivity index (χ1n) is 10.3. The summed E-state index contributed by atoms with van der Waals surface area (Å²) in [5, 5.41) is 6.49. The van der Waals surface area contributed by atoms with Crippen LogP contribution in [0.1, 0.15) is 52.3 Å². The molecular formula is C22H22N4O3S. The van der Waals surface area contributed by atoms with Gasteiger partial charge in [0.15, 0.2) is 0 Å². The summed E-state index contributed by atoms with van der Waals surface area (Å²) in [6.45, 7) is 0. The molecule has 1 saturated carbocycles. The lowest BCUT2D eigenvalue weighted by atomic mass is 10.1. The summed E-state index contributed by atoms with van der Waals surface area (Å²) in [5.74, 6) is 0.220. The maximum Gasteiger partial charge on any atom is 0.259 e. The second kappa shape index (κ2) is 7.68. The smallest absolute Gasteiger partial charge is 0.259 e. The number of aromatic nitrogens is 2. The first-order chi connectivity index (χ1) is 14.6. The Hall–Kier alpha value is -3.00. The van der Waals surface area contributed by atoms with Crippen molar-refractivity contribution in [2.75, 3.05) is 5.32 Å². The molecule has 0 radical (unpaired) electrons. The van der Waals surface area contributed by atoms with Crippen molar-refractivity contribution < 1.29 is 9.59 Å². The van der Waals surface area contributed by atoms with E-state index < -0.39 is 0 Å². The third-order valence-corrected chi connectivity index (χ3v) is 6.72. The lowest BCUT2D eigenvalue weighted by Gasteiger charge is -2.08. The van der Waals surface area contributed by atoms with Gasteiger partial charge in [-0.3, -0.25) is 14.4 Å². The maximum absolute atomic E-state index is 12.5. The predicted molar refractivity (Wildman–Crippen MR) is 116 cm³/mol. The molecule has 30 heavy (non-hydrogen) atoms. The van der Waals surface area contributed by atoms with Gasteiger partial charge in [-0.25, -0.2) is 4.98 Å². The monoisotopic (exact) mass is 422 g/mol. The van der Waals surface area contributed by atoms with Crippen molar-refractivity contribution in [3.05, 3.63) is 56.4 Å². The Labute approximate surface area is 176 Å². The number of aryl methyl sites for hydroxylation is 3. The number of hydrogen-bond acceptors (Lipinski definition) is 5. The Kier molecular flexibility index (Phi) is 4.86. The van der Waals surface area contributed by atoms with Crippen LogP contribution in [0.2, 0.25) is 0 Å². The minimum Gasteiger partial charge on any atom is -0.349 e. The van der Waals surface area contributed by atoms with Crippen molar-refractivity contribution >= 4 is 39.1 Å². The van der Waals surface area contributed by atoms with E-state index in [0.717, 1.165) is 47.9 Å². The minimum absolute atomic E-state index is 0.107. The fourth-order valence-corrected chi connectivity index (χ4v) is 5.14. The number of hydrogen-bond donors (Lipinski definition) is 3. The van der Waals surface area contributed by atoms with Gasteiger partial charge in [0.1, 0.15) is 10.7 Å². The Morgan fingerprint density at radius 2 is 2.10 bits per heavy atom. The number of benzene rings is 1. The number of H-pyrrole nitrogens is 1. The molecule has 0 bridgehead atoms. The molecule has 5 rings (SSSR count). The molecule has 0 atom stereocenters. The number of anilines is 1. The highest BCUT2D eigenvalue weighted by molar-refractivity contribution is 7.18. The molecule has 1 fully saturated rings. The van der Waals surface area contributed by atoms with E-state index in [0.29, 0.717) is 23.5 Å². The van der Waals surface area contributed by atoms with Gasteiger partial charge < -0.3 is 15.6 Å². The third kappa shape index (κ3) is 3.87. The molecule has 0 spiro atoms. The van der Waals surface area contributed by atoms with Crippen molar-refractivity contribution in [1.29, 1.82) is 0 Å². The normalized spacial score (nSPS) is 15.2. The molecule has 0 saturated heterocycles. The van der Waals surface area contributed by atoms with Gasteiger partial charge in [0, 0.05) is 35.0 Å². The fraction of sp³-hybridized carbons (Fsp3) is 0.364. The Bertz CT molecular complexity index is 1210. The molecule has 3 aromatic rings. The first kappa shape index (κ1) is 19.0. The second-order valence-corrected chi connectivity index (χ2v) is 9.01. The molecule has 1 aromatic carbocycles.